The molecule has 5 nitrogen and oxygen atoms in total. The van der Waals surface area contributed by atoms with Crippen molar-refractivity contribution in [2.45, 2.75) is 24.5 Å². The van der Waals surface area contributed by atoms with Crippen LogP contribution in [0.3, 0.4) is 0 Å². The predicted molar refractivity (Wildman–Crippen MR) is 72.4 cm³/mol. The van der Waals surface area contributed by atoms with Gasteiger partial charge in [-0.1, -0.05) is 12.1 Å². The number of benzene rings is 1. The van der Waals surface area contributed by atoms with Crippen molar-refractivity contribution in [2.24, 2.45) is 0 Å². The summed E-state index contributed by atoms with van der Waals surface area (Å²) in [7, 11) is -3.50. The van der Waals surface area contributed by atoms with Crippen molar-refractivity contribution in [3.05, 3.63) is 53.5 Å². The van der Waals surface area contributed by atoms with Gasteiger partial charge in [0, 0.05) is 25.1 Å². The number of hydrogen-bond donors (Lipinski definition) is 1. The van der Waals surface area contributed by atoms with Gasteiger partial charge < -0.3 is 9.52 Å². The molecular formula is C14H15NO4S. The average Bonchev–Trinajstić information content (AvgIpc) is 2.94. The summed E-state index contributed by atoms with van der Waals surface area (Å²) in [5.41, 5.74) is 1.62. The Kier molecular flexibility index (Phi) is 3.37. The number of aliphatic hydroxyl groups is 1. The monoisotopic (exact) mass is 293 g/mol. The number of furan rings is 1. The minimum absolute atomic E-state index is 0.0948. The molecule has 0 amide bonds. The van der Waals surface area contributed by atoms with Gasteiger partial charge in [0.05, 0.1) is 17.8 Å². The van der Waals surface area contributed by atoms with Crippen LogP contribution in [0.1, 0.15) is 16.9 Å². The van der Waals surface area contributed by atoms with E-state index in [-0.39, 0.29) is 11.5 Å². The average molecular weight is 293 g/mol. The van der Waals surface area contributed by atoms with Crippen LogP contribution in [0.4, 0.5) is 0 Å². The van der Waals surface area contributed by atoms with E-state index < -0.39 is 10.0 Å². The highest BCUT2D eigenvalue weighted by molar-refractivity contribution is 7.89. The van der Waals surface area contributed by atoms with Crippen LogP contribution in [-0.4, -0.2) is 24.4 Å². The maximum atomic E-state index is 12.6. The van der Waals surface area contributed by atoms with Gasteiger partial charge in [0.25, 0.3) is 0 Å². The Balaban J connectivity index is 1.88. The van der Waals surface area contributed by atoms with Crippen molar-refractivity contribution in [3.8, 4) is 0 Å². The number of aliphatic hydroxyl groups excluding tert-OH is 1. The number of rotatable bonds is 3. The maximum absolute atomic E-state index is 12.6. The van der Waals surface area contributed by atoms with E-state index in [4.69, 9.17) is 9.52 Å². The van der Waals surface area contributed by atoms with Crippen LogP contribution in [0.15, 0.2) is 45.9 Å². The highest BCUT2D eigenvalue weighted by Crippen LogP contribution is 2.25. The van der Waals surface area contributed by atoms with Crippen LogP contribution in [-0.2, 0) is 29.6 Å². The molecule has 1 N–H and O–H groups in total. The van der Waals surface area contributed by atoms with E-state index in [1.807, 2.05) is 6.07 Å². The molecule has 0 radical (unpaired) electrons. The molecule has 0 fully saturated rings. The first-order valence-electron chi connectivity index (χ1n) is 6.36. The number of nitrogens with zero attached hydrogens (tertiary/aromatic N) is 1. The van der Waals surface area contributed by atoms with E-state index in [0.717, 1.165) is 11.3 Å². The standard InChI is InChI=1S/C14H15NO4S/c16-10-11-1-3-13(4-2-11)20(17,18)15-7-5-14-12(9-15)6-8-19-14/h1-4,6,8,16H,5,7,9-10H2. The molecule has 106 valence electrons. The molecule has 2 aromatic rings. The van der Waals surface area contributed by atoms with Crippen LogP contribution in [0.5, 0.6) is 0 Å². The first-order valence-corrected chi connectivity index (χ1v) is 7.80. The van der Waals surface area contributed by atoms with Crippen molar-refractivity contribution in [2.75, 3.05) is 6.54 Å². The van der Waals surface area contributed by atoms with Crippen LogP contribution in [0.25, 0.3) is 0 Å². The van der Waals surface area contributed by atoms with Gasteiger partial charge >= 0.3 is 0 Å². The lowest BCUT2D eigenvalue weighted by Gasteiger charge is -2.25. The smallest absolute Gasteiger partial charge is 0.243 e. The van der Waals surface area contributed by atoms with Crippen LogP contribution in [0, 0.1) is 0 Å². The summed E-state index contributed by atoms with van der Waals surface area (Å²) >= 11 is 0. The van der Waals surface area contributed by atoms with Gasteiger partial charge in [-0.2, -0.15) is 4.31 Å². The summed E-state index contributed by atoms with van der Waals surface area (Å²) in [5, 5.41) is 9.00. The second-order valence-electron chi connectivity index (χ2n) is 4.76. The first-order chi connectivity index (χ1) is 9.61. The summed E-state index contributed by atoms with van der Waals surface area (Å²) in [6.07, 6.45) is 2.19. The molecule has 1 aliphatic rings. The molecule has 0 aliphatic carbocycles. The summed E-state index contributed by atoms with van der Waals surface area (Å²) in [5.74, 6) is 0.868. The van der Waals surface area contributed by atoms with Crippen molar-refractivity contribution < 1.29 is 17.9 Å². The van der Waals surface area contributed by atoms with E-state index in [2.05, 4.69) is 0 Å². The van der Waals surface area contributed by atoms with Crippen LogP contribution >= 0.6 is 0 Å². The van der Waals surface area contributed by atoms with E-state index in [1.54, 1.807) is 18.4 Å². The Bertz CT molecular complexity index is 703. The molecule has 3 rings (SSSR count). The first kappa shape index (κ1) is 13.4. The molecule has 1 aromatic carbocycles. The zero-order valence-electron chi connectivity index (χ0n) is 10.8. The Morgan fingerprint density at radius 1 is 1.20 bits per heavy atom. The van der Waals surface area contributed by atoms with E-state index in [9.17, 15) is 8.42 Å². The summed E-state index contributed by atoms with van der Waals surface area (Å²) < 4.78 is 31.9. The van der Waals surface area contributed by atoms with Gasteiger partial charge in [-0.3, -0.25) is 0 Å². The molecule has 1 aromatic heterocycles. The highest BCUT2D eigenvalue weighted by Gasteiger charge is 2.29. The SMILES string of the molecule is O=S(=O)(c1ccc(CO)cc1)N1CCc2occc2C1. The lowest BCUT2D eigenvalue weighted by atomic mass is 10.1. The molecule has 6 heteroatoms. The van der Waals surface area contributed by atoms with Crippen molar-refractivity contribution >= 4 is 10.0 Å². The second kappa shape index (κ2) is 5.05. The molecule has 0 saturated heterocycles. The van der Waals surface area contributed by atoms with Crippen molar-refractivity contribution in [3.63, 3.8) is 0 Å². The van der Waals surface area contributed by atoms with Gasteiger partial charge in [0.2, 0.25) is 10.0 Å². The molecular weight excluding hydrogens is 278 g/mol. The highest BCUT2D eigenvalue weighted by atomic mass is 32.2. The van der Waals surface area contributed by atoms with Crippen LogP contribution in [0.2, 0.25) is 0 Å². The summed E-state index contributed by atoms with van der Waals surface area (Å²) in [6, 6.07) is 8.13. The Labute approximate surface area is 117 Å². The summed E-state index contributed by atoms with van der Waals surface area (Å²) in [6.45, 7) is 0.670. The molecule has 2 heterocycles. The second-order valence-corrected chi connectivity index (χ2v) is 6.70. The topological polar surface area (TPSA) is 70.8 Å². The third kappa shape index (κ3) is 2.26. The predicted octanol–water partition coefficient (Wildman–Crippen LogP) is 1.52. The normalized spacial score (nSPS) is 16.1. The Morgan fingerprint density at radius 2 is 1.95 bits per heavy atom. The number of hydrogen-bond acceptors (Lipinski definition) is 4. The molecule has 0 spiro atoms. The molecule has 20 heavy (non-hydrogen) atoms. The lowest BCUT2D eigenvalue weighted by molar-refractivity contribution is 0.281. The van der Waals surface area contributed by atoms with Gasteiger partial charge in [0.15, 0.2) is 0 Å². The fraction of sp³-hybridized carbons (Fsp3) is 0.286. The van der Waals surface area contributed by atoms with Crippen molar-refractivity contribution in [1.82, 2.24) is 4.31 Å². The number of sulfonamides is 1. The third-order valence-electron chi connectivity index (χ3n) is 3.52. The zero-order valence-corrected chi connectivity index (χ0v) is 11.6. The van der Waals surface area contributed by atoms with E-state index >= 15 is 0 Å². The third-order valence-corrected chi connectivity index (χ3v) is 5.38. The summed E-state index contributed by atoms with van der Waals surface area (Å²) in [4.78, 5) is 0.252. The van der Waals surface area contributed by atoms with Gasteiger partial charge in [-0.05, 0) is 23.8 Å². The maximum Gasteiger partial charge on any atom is 0.243 e. The molecule has 0 atom stereocenters. The van der Waals surface area contributed by atoms with Gasteiger partial charge in [-0.25, -0.2) is 8.42 Å². The Hall–Kier alpha value is -1.63. The zero-order chi connectivity index (χ0) is 14.2. The van der Waals surface area contributed by atoms with Crippen molar-refractivity contribution in [1.29, 1.82) is 0 Å². The number of fused-ring (bicyclic) bond motifs is 1. The van der Waals surface area contributed by atoms with Gasteiger partial charge in [-0.15, -0.1) is 0 Å². The van der Waals surface area contributed by atoms with E-state index in [0.29, 0.717) is 25.1 Å². The van der Waals surface area contributed by atoms with E-state index in [1.165, 1.54) is 16.4 Å². The fourth-order valence-corrected chi connectivity index (χ4v) is 3.76. The largest absolute Gasteiger partial charge is 0.469 e. The quantitative estimate of drug-likeness (QED) is 0.931. The molecule has 1 aliphatic heterocycles. The molecule has 0 bridgehead atoms. The molecule has 0 saturated carbocycles. The minimum atomic E-state index is -3.50. The fourth-order valence-electron chi connectivity index (χ4n) is 2.34. The lowest BCUT2D eigenvalue weighted by Crippen LogP contribution is -2.35. The van der Waals surface area contributed by atoms with Crippen LogP contribution < -0.4 is 0 Å². The minimum Gasteiger partial charge on any atom is -0.469 e. The van der Waals surface area contributed by atoms with Gasteiger partial charge in [0.1, 0.15) is 5.76 Å². The Morgan fingerprint density at radius 3 is 2.65 bits per heavy atom. The molecule has 0 unspecified atom stereocenters.